The molecule has 0 saturated carbocycles. The number of nitrogens with one attached hydrogen (secondary N) is 1. The minimum absolute atomic E-state index is 0.120. The average molecular weight is 532 g/mol. The first-order chi connectivity index (χ1) is 18.0. The van der Waals surface area contributed by atoms with E-state index in [9.17, 15) is 4.79 Å². The summed E-state index contributed by atoms with van der Waals surface area (Å²) < 4.78 is 7.48. The molecular weight excluding hydrogens is 506 g/mol. The molecule has 9 heteroatoms. The Bertz CT molecular complexity index is 1380. The lowest BCUT2D eigenvalue weighted by molar-refractivity contribution is -0.118. The third-order valence-electron chi connectivity index (χ3n) is 5.13. The SMILES string of the molecule is CCOc1ccc(-n2c(SCC(=O)N/N=C/C(C)=C/c3ccccc3)nnc2-c2ccc(Cl)cc2)cc1. The summed E-state index contributed by atoms with van der Waals surface area (Å²) in [6.07, 6.45) is 3.61. The smallest absolute Gasteiger partial charge is 0.250 e. The van der Waals surface area contributed by atoms with Crippen LogP contribution in [-0.2, 0) is 4.79 Å². The molecule has 0 fully saturated rings. The molecule has 3 aromatic carbocycles. The summed E-state index contributed by atoms with van der Waals surface area (Å²) in [6.45, 7) is 4.45. The van der Waals surface area contributed by atoms with Crippen LogP contribution in [0.2, 0.25) is 5.02 Å². The zero-order valence-corrected chi connectivity index (χ0v) is 22.0. The van der Waals surface area contributed by atoms with E-state index in [0.29, 0.717) is 22.6 Å². The Balaban J connectivity index is 1.48. The van der Waals surface area contributed by atoms with Crippen molar-refractivity contribution in [3.8, 4) is 22.8 Å². The van der Waals surface area contributed by atoms with E-state index >= 15 is 0 Å². The highest BCUT2D eigenvalue weighted by atomic mass is 35.5. The van der Waals surface area contributed by atoms with E-state index < -0.39 is 0 Å². The van der Waals surface area contributed by atoms with Gasteiger partial charge in [-0.2, -0.15) is 5.10 Å². The molecule has 4 aromatic rings. The van der Waals surface area contributed by atoms with Gasteiger partial charge < -0.3 is 4.74 Å². The molecule has 1 amide bonds. The molecule has 1 N–H and O–H groups in total. The number of rotatable bonds is 10. The van der Waals surface area contributed by atoms with Gasteiger partial charge in [0.15, 0.2) is 11.0 Å². The maximum absolute atomic E-state index is 12.5. The van der Waals surface area contributed by atoms with Crippen molar-refractivity contribution in [3.63, 3.8) is 0 Å². The molecule has 37 heavy (non-hydrogen) atoms. The van der Waals surface area contributed by atoms with Gasteiger partial charge in [0.05, 0.1) is 18.6 Å². The molecule has 0 spiro atoms. The minimum atomic E-state index is -0.247. The molecule has 0 unspecified atom stereocenters. The number of hydrazone groups is 1. The normalized spacial score (nSPS) is 11.6. The summed E-state index contributed by atoms with van der Waals surface area (Å²) >= 11 is 7.35. The Morgan fingerprint density at radius 1 is 1.05 bits per heavy atom. The van der Waals surface area contributed by atoms with Gasteiger partial charge in [-0.1, -0.05) is 59.8 Å². The van der Waals surface area contributed by atoms with Crippen LogP contribution in [-0.4, -0.2) is 39.2 Å². The number of halogens is 1. The van der Waals surface area contributed by atoms with Crippen LogP contribution in [0.15, 0.2) is 94.7 Å². The summed E-state index contributed by atoms with van der Waals surface area (Å²) in [4.78, 5) is 12.5. The van der Waals surface area contributed by atoms with Crippen molar-refractivity contribution in [1.29, 1.82) is 0 Å². The number of hydrogen-bond acceptors (Lipinski definition) is 6. The largest absolute Gasteiger partial charge is 0.494 e. The summed E-state index contributed by atoms with van der Waals surface area (Å²) in [5.74, 6) is 1.29. The van der Waals surface area contributed by atoms with Crippen molar-refractivity contribution in [1.82, 2.24) is 20.2 Å². The highest BCUT2D eigenvalue weighted by Gasteiger charge is 2.17. The summed E-state index contributed by atoms with van der Waals surface area (Å²) in [5, 5.41) is 14.1. The second-order valence-electron chi connectivity index (χ2n) is 7.96. The fraction of sp³-hybridized carbons (Fsp3) is 0.143. The zero-order chi connectivity index (χ0) is 26.0. The quantitative estimate of drug-likeness (QED) is 0.148. The maximum Gasteiger partial charge on any atom is 0.250 e. The third-order valence-corrected chi connectivity index (χ3v) is 6.31. The minimum Gasteiger partial charge on any atom is -0.494 e. The van der Waals surface area contributed by atoms with Crippen LogP contribution in [0.5, 0.6) is 5.75 Å². The Hall–Kier alpha value is -3.88. The van der Waals surface area contributed by atoms with Crippen molar-refractivity contribution >= 4 is 41.6 Å². The van der Waals surface area contributed by atoms with Gasteiger partial charge in [-0.3, -0.25) is 9.36 Å². The summed E-state index contributed by atoms with van der Waals surface area (Å²) in [7, 11) is 0. The van der Waals surface area contributed by atoms with E-state index in [1.807, 2.05) is 91.2 Å². The highest BCUT2D eigenvalue weighted by Crippen LogP contribution is 2.29. The molecule has 0 atom stereocenters. The van der Waals surface area contributed by atoms with Crippen LogP contribution in [0, 0.1) is 0 Å². The van der Waals surface area contributed by atoms with E-state index in [2.05, 4.69) is 20.7 Å². The number of thioether (sulfide) groups is 1. The molecule has 1 heterocycles. The number of benzene rings is 3. The molecule has 4 rings (SSSR count). The summed E-state index contributed by atoms with van der Waals surface area (Å²) in [5.41, 5.74) is 6.26. The van der Waals surface area contributed by atoms with Gasteiger partial charge in [-0.25, -0.2) is 5.43 Å². The highest BCUT2D eigenvalue weighted by molar-refractivity contribution is 7.99. The fourth-order valence-electron chi connectivity index (χ4n) is 3.46. The van der Waals surface area contributed by atoms with Crippen LogP contribution in [0.1, 0.15) is 19.4 Å². The molecule has 0 saturated heterocycles. The monoisotopic (exact) mass is 531 g/mol. The Kier molecular flexibility index (Phi) is 9.13. The number of carbonyl (C=O) groups excluding carboxylic acids is 1. The molecule has 7 nitrogen and oxygen atoms in total. The number of nitrogens with zero attached hydrogens (tertiary/aromatic N) is 4. The molecule has 0 aliphatic rings. The van der Waals surface area contributed by atoms with Gasteiger partial charge in [0.1, 0.15) is 5.75 Å². The molecule has 0 bridgehead atoms. The van der Waals surface area contributed by atoms with E-state index in [4.69, 9.17) is 16.3 Å². The van der Waals surface area contributed by atoms with Crippen molar-refractivity contribution in [3.05, 3.63) is 95.0 Å². The van der Waals surface area contributed by atoms with E-state index in [-0.39, 0.29) is 11.7 Å². The van der Waals surface area contributed by atoms with Gasteiger partial charge in [-0.15, -0.1) is 10.2 Å². The topological polar surface area (TPSA) is 81.4 Å². The van der Waals surface area contributed by atoms with Gasteiger partial charge >= 0.3 is 0 Å². The standard InChI is InChI=1S/C28H26ClN5O2S/c1-3-36-25-15-13-24(14-16-25)34-27(22-9-11-23(29)12-10-22)32-33-28(34)37-19-26(35)31-30-18-20(2)17-21-7-5-4-6-8-21/h4-18H,3,19H2,1-2H3,(H,31,35)/b20-17+,30-18+. The third kappa shape index (κ3) is 7.31. The lowest BCUT2D eigenvalue weighted by atomic mass is 10.1. The van der Waals surface area contributed by atoms with Gasteiger partial charge in [0.25, 0.3) is 5.91 Å². The van der Waals surface area contributed by atoms with Crippen molar-refractivity contribution in [2.24, 2.45) is 5.10 Å². The van der Waals surface area contributed by atoms with Crippen LogP contribution >= 0.6 is 23.4 Å². The lowest BCUT2D eigenvalue weighted by Gasteiger charge is -2.11. The first kappa shape index (κ1) is 26.2. The Morgan fingerprint density at radius 2 is 1.78 bits per heavy atom. The van der Waals surface area contributed by atoms with Gasteiger partial charge in [0.2, 0.25) is 0 Å². The van der Waals surface area contributed by atoms with Crippen LogP contribution in [0.4, 0.5) is 0 Å². The fourth-order valence-corrected chi connectivity index (χ4v) is 4.33. The summed E-state index contributed by atoms with van der Waals surface area (Å²) in [6, 6.07) is 25.0. The maximum atomic E-state index is 12.5. The first-order valence-corrected chi connectivity index (χ1v) is 13.0. The van der Waals surface area contributed by atoms with Crippen LogP contribution in [0.3, 0.4) is 0 Å². The molecule has 188 valence electrons. The van der Waals surface area contributed by atoms with Gasteiger partial charge in [-0.05, 0) is 73.5 Å². The van der Waals surface area contributed by atoms with E-state index in [0.717, 1.165) is 28.1 Å². The predicted octanol–water partition coefficient (Wildman–Crippen LogP) is 6.28. The van der Waals surface area contributed by atoms with E-state index in [1.54, 1.807) is 18.3 Å². The van der Waals surface area contributed by atoms with Crippen LogP contribution in [0.25, 0.3) is 23.2 Å². The van der Waals surface area contributed by atoms with Gasteiger partial charge in [0, 0.05) is 16.3 Å². The van der Waals surface area contributed by atoms with Crippen molar-refractivity contribution in [2.45, 2.75) is 19.0 Å². The van der Waals surface area contributed by atoms with E-state index in [1.165, 1.54) is 11.8 Å². The molecule has 1 aromatic heterocycles. The second kappa shape index (κ2) is 12.9. The number of carbonyl (C=O) groups is 1. The van der Waals surface area contributed by atoms with Crippen molar-refractivity contribution in [2.75, 3.05) is 12.4 Å². The number of aromatic nitrogens is 3. The number of ether oxygens (including phenoxy) is 1. The molecule has 0 aliphatic heterocycles. The molecular formula is C28H26ClN5O2S. The second-order valence-corrected chi connectivity index (χ2v) is 9.34. The zero-order valence-electron chi connectivity index (χ0n) is 20.5. The lowest BCUT2D eigenvalue weighted by Crippen LogP contribution is -2.20. The number of amides is 1. The number of hydrogen-bond donors (Lipinski definition) is 1. The first-order valence-electron chi connectivity index (χ1n) is 11.7. The average Bonchev–Trinajstić information content (AvgIpc) is 3.33. The molecule has 0 radical (unpaired) electrons. The van der Waals surface area contributed by atoms with Crippen LogP contribution < -0.4 is 10.2 Å². The predicted molar refractivity (Wildman–Crippen MR) is 150 cm³/mol. The Morgan fingerprint density at radius 3 is 2.49 bits per heavy atom. The molecule has 0 aliphatic carbocycles. The Labute approximate surface area is 225 Å². The number of allylic oxidation sites excluding steroid dienone is 1. The van der Waals surface area contributed by atoms with Crippen molar-refractivity contribution < 1.29 is 9.53 Å².